The highest BCUT2D eigenvalue weighted by Gasteiger charge is 2.43. The lowest BCUT2D eigenvalue weighted by molar-refractivity contribution is -0.0947. The number of rotatable bonds is 18. The van der Waals surface area contributed by atoms with E-state index >= 15 is 0 Å². The number of aliphatic hydroxyl groups excluding tert-OH is 1. The summed E-state index contributed by atoms with van der Waals surface area (Å²) < 4.78 is 24.0. The van der Waals surface area contributed by atoms with Gasteiger partial charge in [0, 0.05) is 42.2 Å². The molecule has 0 radical (unpaired) electrons. The minimum atomic E-state index is -2.09. The van der Waals surface area contributed by atoms with Crippen LogP contribution in [0.15, 0.2) is 69.4 Å². The second kappa shape index (κ2) is 18.5. The maximum absolute atomic E-state index is 11.6. The van der Waals surface area contributed by atoms with Crippen molar-refractivity contribution in [1.82, 2.24) is 0 Å². The van der Waals surface area contributed by atoms with Gasteiger partial charge in [-0.3, -0.25) is 0 Å². The second-order valence-electron chi connectivity index (χ2n) is 15.2. The van der Waals surface area contributed by atoms with Crippen LogP contribution in [0.5, 0.6) is 0 Å². The lowest BCUT2D eigenvalue weighted by Gasteiger charge is -2.44. The Balaban J connectivity index is 2.28. The molecule has 0 saturated carbocycles. The predicted octanol–water partition coefficient (Wildman–Crippen LogP) is 10.0. The Kier molecular flexibility index (Phi) is 16.1. The molecule has 0 amide bonds. The molecule has 0 saturated heterocycles. The van der Waals surface area contributed by atoms with Crippen LogP contribution >= 0.6 is 0 Å². The largest absolute Gasteiger partial charge is 0.423 e. The zero-order chi connectivity index (χ0) is 35.5. The molecule has 0 aliphatic carbocycles. The van der Waals surface area contributed by atoms with Crippen molar-refractivity contribution >= 4 is 25.4 Å². The number of methoxy groups -OCH3 is 1. The normalized spacial score (nSPS) is 18.7. The lowest BCUT2D eigenvalue weighted by Crippen LogP contribution is -2.49. The molecule has 1 heterocycles. The molecule has 2 unspecified atom stereocenters. The van der Waals surface area contributed by atoms with Crippen LogP contribution in [0.25, 0.3) is 17.0 Å². The maximum atomic E-state index is 11.6. The second-order valence-corrected chi connectivity index (χ2v) is 20.0. The Labute approximate surface area is 286 Å². The zero-order valence-electron chi connectivity index (χ0n) is 31.5. The van der Waals surface area contributed by atoms with Crippen molar-refractivity contribution in [2.75, 3.05) is 13.9 Å². The summed E-state index contributed by atoms with van der Waals surface area (Å²) in [5.41, 5.74) is 2.55. The quantitative estimate of drug-likeness (QED) is 0.0737. The predicted molar refractivity (Wildman–Crippen MR) is 200 cm³/mol. The summed E-state index contributed by atoms with van der Waals surface area (Å²) in [4.78, 5) is 11.6. The Morgan fingerprint density at radius 2 is 1.66 bits per heavy atom. The summed E-state index contributed by atoms with van der Waals surface area (Å²) in [5.74, 6) is 0.490. The van der Waals surface area contributed by atoms with Gasteiger partial charge in [0.15, 0.2) is 8.32 Å². The van der Waals surface area contributed by atoms with Gasteiger partial charge in [-0.1, -0.05) is 104 Å². The molecule has 0 bridgehead atoms. The van der Waals surface area contributed by atoms with Gasteiger partial charge in [0.1, 0.15) is 12.4 Å². The first kappa shape index (κ1) is 40.9. The molecule has 0 aliphatic heterocycles. The molecule has 8 atom stereocenters. The minimum absolute atomic E-state index is 0.0186. The van der Waals surface area contributed by atoms with E-state index in [-0.39, 0.29) is 59.3 Å². The van der Waals surface area contributed by atoms with E-state index in [4.69, 9.17) is 18.3 Å². The van der Waals surface area contributed by atoms with Crippen LogP contribution < -0.4 is 5.63 Å². The summed E-state index contributed by atoms with van der Waals surface area (Å²) in [6.07, 6.45) is 12.0. The highest BCUT2D eigenvalue weighted by molar-refractivity contribution is 6.74. The van der Waals surface area contributed by atoms with E-state index in [1.807, 2.05) is 18.2 Å². The summed E-state index contributed by atoms with van der Waals surface area (Å²) in [7, 11) is -0.446. The monoisotopic (exact) mass is 668 g/mol. The summed E-state index contributed by atoms with van der Waals surface area (Å²) in [6, 6.07) is 9.04. The van der Waals surface area contributed by atoms with Crippen LogP contribution in [-0.2, 0) is 13.9 Å². The molecule has 0 spiro atoms. The number of benzene rings is 1. The van der Waals surface area contributed by atoms with Gasteiger partial charge < -0.3 is 23.4 Å². The molecule has 7 heteroatoms. The summed E-state index contributed by atoms with van der Waals surface area (Å²) >= 11 is 0. The van der Waals surface area contributed by atoms with E-state index in [1.54, 1.807) is 13.2 Å². The molecular weight excluding hydrogens is 605 g/mol. The molecule has 2 aromatic rings. The molecular formula is C40H64O6Si. The highest BCUT2D eigenvalue weighted by atomic mass is 28.4. The van der Waals surface area contributed by atoms with Crippen molar-refractivity contribution in [2.24, 2.45) is 29.6 Å². The third kappa shape index (κ3) is 12.3. The molecule has 0 fully saturated rings. The number of aliphatic hydroxyl groups is 1. The van der Waals surface area contributed by atoms with Crippen LogP contribution in [0.1, 0.15) is 87.6 Å². The van der Waals surface area contributed by atoms with Gasteiger partial charge in [-0.05, 0) is 67.6 Å². The molecule has 2 rings (SSSR count). The topological polar surface area (TPSA) is 78.1 Å². The Hall–Kier alpha value is -2.29. The van der Waals surface area contributed by atoms with Crippen LogP contribution in [0.4, 0.5) is 0 Å². The first-order valence-electron chi connectivity index (χ1n) is 17.4. The maximum Gasteiger partial charge on any atom is 0.336 e. The fraction of sp³-hybridized carbons (Fsp3) is 0.625. The van der Waals surface area contributed by atoms with Crippen molar-refractivity contribution in [1.29, 1.82) is 0 Å². The molecule has 1 aromatic carbocycles. The molecule has 1 N–H and O–H groups in total. The van der Waals surface area contributed by atoms with E-state index in [0.29, 0.717) is 5.58 Å². The van der Waals surface area contributed by atoms with E-state index in [0.717, 1.165) is 23.8 Å². The third-order valence-electron chi connectivity index (χ3n) is 9.91. The van der Waals surface area contributed by atoms with Gasteiger partial charge in [-0.25, -0.2) is 4.79 Å². The van der Waals surface area contributed by atoms with Crippen molar-refractivity contribution < 1.29 is 23.4 Å². The smallest absolute Gasteiger partial charge is 0.336 e. The van der Waals surface area contributed by atoms with Gasteiger partial charge in [-0.15, -0.1) is 0 Å². The van der Waals surface area contributed by atoms with Crippen LogP contribution in [-0.4, -0.2) is 45.6 Å². The van der Waals surface area contributed by atoms with Gasteiger partial charge in [-0.2, -0.15) is 0 Å². The molecule has 1 aromatic heterocycles. The summed E-state index contributed by atoms with van der Waals surface area (Å²) in [5, 5.41) is 12.4. The number of hydrogen-bond donors (Lipinski definition) is 1. The van der Waals surface area contributed by atoms with Gasteiger partial charge in [0.05, 0.1) is 18.3 Å². The van der Waals surface area contributed by atoms with E-state index in [9.17, 15) is 9.90 Å². The number of allylic oxidation sites excluding steroid dienone is 2. The Morgan fingerprint density at radius 3 is 2.28 bits per heavy atom. The third-order valence-corrected chi connectivity index (χ3v) is 14.4. The van der Waals surface area contributed by atoms with Gasteiger partial charge in [0.2, 0.25) is 0 Å². The zero-order valence-corrected chi connectivity index (χ0v) is 32.5. The van der Waals surface area contributed by atoms with Crippen molar-refractivity contribution in [3.8, 4) is 0 Å². The Morgan fingerprint density at radius 1 is 0.979 bits per heavy atom. The average Bonchev–Trinajstić information content (AvgIpc) is 3.00. The van der Waals surface area contributed by atoms with E-state index in [1.165, 1.54) is 11.6 Å². The lowest BCUT2D eigenvalue weighted by atomic mass is 9.81. The van der Waals surface area contributed by atoms with Gasteiger partial charge >= 0.3 is 5.63 Å². The SMILES string of the molecule is CCC=CC(C)[C@H](O)[C@@H](C)[C@H](O[Si](C)(C)C(C)(C)C)[C@@H](C)CC(C)=C[C@H](C)[C@@H](OCOC)C(C)C=Cc1ccc2oc(=O)ccc2c1. The first-order chi connectivity index (χ1) is 21.9. The van der Waals surface area contributed by atoms with Crippen LogP contribution in [0.3, 0.4) is 0 Å². The Bertz CT molecular complexity index is 1380. The number of hydrogen-bond acceptors (Lipinski definition) is 6. The van der Waals surface area contributed by atoms with Crippen molar-refractivity contribution in [3.05, 3.63) is 76.2 Å². The van der Waals surface area contributed by atoms with Gasteiger partial charge in [0.25, 0.3) is 0 Å². The molecule has 6 nitrogen and oxygen atoms in total. The highest BCUT2D eigenvalue weighted by Crippen LogP contribution is 2.41. The van der Waals surface area contributed by atoms with Crippen molar-refractivity contribution in [3.63, 3.8) is 0 Å². The number of fused-ring (bicyclic) bond motifs is 1. The average molecular weight is 669 g/mol. The number of ether oxygens (including phenoxy) is 2. The minimum Gasteiger partial charge on any atom is -0.423 e. The summed E-state index contributed by atoms with van der Waals surface area (Å²) in [6.45, 7) is 26.9. The fourth-order valence-corrected chi connectivity index (χ4v) is 7.61. The van der Waals surface area contributed by atoms with Crippen LogP contribution in [0.2, 0.25) is 18.1 Å². The molecule has 47 heavy (non-hydrogen) atoms. The molecule has 264 valence electrons. The fourth-order valence-electron chi connectivity index (χ4n) is 6.13. The van der Waals surface area contributed by atoms with Crippen LogP contribution in [0, 0.1) is 29.6 Å². The first-order valence-corrected chi connectivity index (χ1v) is 20.3. The standard InChI is InChI=1S/C40H64O6Si/c1-14-15-16-28(3)37(42)32(7)39(46-47(12,13)40(8,9)10)31(6)24-27(2)23-30(5)38(44-26-43-11)29(4)17-18-33-19-21-35-34(25-33)20-22-36(41)45-35/h15-23,25,28-32,37-39,42H,14,24,26H2,1-13H3/t28?,29?,30-,31-,32+,37-,38-,39+/m0/s1. The molecule has 0 aliphatic rings. The van der Waals surface area contributed by atoms with E-state index < -0.39 is 14.4 Å². The van der Waals surface area contributed by atoms with Crippen molar-refractivity contribution in [2.45, 2.75) is 119 Å². The van der Waals surface area contributed by atoms with E-state index in [2.05, 4.69) is 113 Å².